The fourth-order valence-corrected chi connectivity index (χ4v) is 1.85. The Labute approximate surface area is 110 Å². The van der Waals surface area contributed by atoms with E-state index < -0.39 is 0 Å². The average molecular weight is 264 g/mol. The molecule has 0 aliphatic rings. The molecule has 4 N–H and O–H groups in total. The second-order valence-electron chi connectivity index (χ2n) is 3.94. The Bertz CT molecular complexity index is 525. The van der Waals surface area contributed by atoms with Crippen LogP contribution in [0.4, 0.5) is 11.5 Å². The minimum Gasteiger partial charge on any atom is -0.399 e. The molecule has 18 heavy (non-hydrogen) atoms. The first-order valence-electron chi connectivity index (χ1n) is 5.53. The van der Waals surface area contributed by atoms with Crippen LogP contribution in [0.3, 0.4) is 0 Å². The average Bonchev–Trinajstić information content (AvgIpc) is 2.35. The van der Waals surface area contributed by atoms with Crippen LogP contribution in [0.5, 0.6) is 0 Å². The van der Waals surface area contributed by atoms with E-state index in [-0.39, 0.29) is 6.61 Å². The number of aliphatic hydroxyl groups is 1. The molecule has 4 nitrogen and oxygen atoms in total. The van der Waals surface area contributed by atoms with Gasteiger partial charge < -0.3 is 16.2 Å². The van der Waals surface area contributed by atoms with Gasteiger partial charge in [0.1, 0.15) is 11.0 Å². The van der Waals surface area contributed by atoms with Gasteiger partial charge in [-0.05, 0) is 17.2 Å². The van der Waals surface area contributed by atoms with Crippen molar-refractivity contribution in [1.29, 1.82) is 0 Å². The second kappa shape index (κ2) is 5.71. The third kappa shape index (κ3) is 3.35. The van der Waals surface area contributed by atoms with Gasteiger partial charge in [-0.15, -0.1) is 0 Å². The number of aliphatic hydroxyl groups excluding tert-OH is 1. The van der Waals surface area contributed by atoms with E-state index in [2.05, 4.69) is 10.3 Å². The Hall–Kier alpha value is -1.78. The van der Waals surface area contributed by atoms with Crippen LogP contribution in [0, 0.1) is 0 Å². The van der Waals surface area contributed by atoms with Crippen LogP contribution in [-0.2, 0) is 13.2 Å². The summed E-state index contributed by atoms with van der Waals surface area (Å²) in [7, 11) is 0. The molecular weight excluding hydrogens is 250 g/mol. The number of halogens is 1. The van der Waals surface area contributed by atoms with E-state index in [1.807, 2.05) is 24.3 Å². The minimum absolute atomic E-state index is 0.0379. The Balaban J connectivity index is 2.06. The minimum atomic E-state index is 0.0379. The monoisotopic (exact) mass is 263 g/mol. The number of nitrogens with zero attached hydrogens (tertiary/aromatic N) is 1. The van der Waals surface area contributed by atoms with Crippen LogP contribution < -0.4 is 11.1 Å². The van der Waals surface area contributed by atoms with E-state index in [0.717, 1.165) is 11.1 Å². The van der Waals surface area contributed by atoms with Crippen molar-refractivity contribution < 1.29 is 5.11 Å². The molecule has 2 rings (SSSR count). The number of rotatable bonds is 4. The quantitative estimate of drug-likeness (QED) is 0.741. The van der Waals surface area contributed by atoms with Crippen molar-refractivity contribution in [3.8, 4) is 0 Å². The number of aromatic nitrogens is 1. The lowest BCUT2D eigenvalue weighted by Crippen LogP contribution is -2.02. The van der Waals surface area contributed by atoms with Gasteiger partial charge in [0.05, 0.1) is 6.61 Å². The summed E-state index contributed by atoms with van der Waals surface area (Å²) in [6, 6.07) is 11.0. The van der Waals surface area contributed by atoms with Crippen molar-refractivity contribution in [3.63, 3.8) is 0 Å². The van der Waals surface area contributed by atoms with E-state index in [0.29, 0.717) is 23.2 Å². The summed E-state index contributed by atoms with van der Waals surface area (Å²) in [6.45, 7) is 0.636. The van der Waals surface area contributed by atoms with Crippen LogP contribution in [-0.4, -0.2) is 10.1 Å². The molecule has 0 unspecified atom stereocenters. The van der Waals surface area contributed by atoms with Gasteiger partial charge in [0.15, 0.2) is 0 Å². The van der Waals surface area contributed by atoms with Gasteiger partial charge in [-0.25, -0.2) is 4.98 Å². The fraction of sp³-hybridized carbons (Fsp3) is 0.154. The zero-order chi connectivity index (χ0) is 13.0. The van der Waals surface area contributed by atoms with Gasteiger partial charge in [-0.3, -0.25) is 0 Å². The van der Waals surface area contributed by atoms with Crippen molar-refractivity contribution in [2.45, 2.75) is 13.2 Å². The smallest absolute Gasteiger partial charge is 0.133 e. The summed E-state index contributed by atoms with van der Waals surface area (Å²) in [5.41, 5.74) is 8.19. The van der Waals surface area contributed by atoms with Gasteiger partial charge >= 0.3 is 0 Å². The lowest BCUT2D eigenvalue weighted by atomic mass is 10.1. The van der Waals surface area contributed by atoms with Crippen molar-refractivity contribution >= 4 is 23.1 Å². The maximum absolute atomic E-state index is 9.05. The first-order chi connectivity index (χ1) is 8.67. The lowest BCUT2D eigenvalue weighted by molar-refractivity contribution is 0.281. The maximum Gasteiger partial charge on any atom is 0.133 e. The number of hydrogen-bond acceptors (Lipinski definition) is 4. The van der Waals surface area contributed by atoms with Gasteiger partial charge in [0.25, 0.3) is 0 Å². The van der Waals surface area contributed by atoms with Crippen molar-refractivity contribution in [2.75, 3.05) is 11.1 Å². The lowest BCUT2D eigenvalue weighted by Gasteiger charge is -2.08. The highest BCUT2D eigenvalue weighted by Gasteiger charge is 2.00. The SMILES string of the molecule is Nc1cc(Cl)nc(NCc2cccc(CO)c2)c1. The summed E-state index contributed by atoms with van der Waals surface area (Å²) in [5.74, 6) is 0.634. The summed E-state index contributed by atoms with van der Waals surface area (Å²) < 4.78 is 0. The molecule has 1 heterocycles. The Kier molecular flexibility index (Phi) is 4.02. The molecule has 0 fully saturated rings. The third-order valence-corrected chi connectivity index (χ3v) is 2.66. The predicted octanol–water partition coefficient (Wildman–Crippen LogP) is 2.42. The second-order valence-corrected chi connectivity index (χ2v) is 4.33. The zero-order valence-corrected chi connectivity index (χ0v) is 10.5. The molecule has 1 aromatic heterocycles. The van der Waals surface area contributed by atoms with Gasteiger partial charge in [-0.1, -0.05) is 35.9 Å². The number of pyridine rings is 1. The van der Waals surface area contributed by atoms with E-state index >= 15 is 0 Å². The zero-order valence-electron chi connectivity index (χ0n) is 9.73. The molecule has 0 aliphatic carbocycles. The highest BCUT2D eigenvalue weighted by Crippen LogP contribution is 2.16. The highest BCUT2D eigenvalue weighted by molar-refractivity contribution is 6.29. The van der Waals surface area contributed by atoms with Crippen LogP contribution in [0.2, 0.25) is 5.15 Å². The van der Waals surface area contributed by atoms with E-state index in [1.165, 1.54) is 0 Å². The highest BCUT2D eigenvalue weighted by atomic mass is 35.5. The summed E-state index contributed by atoms with van der Waals surface area (Å²) >= 11 is 5.82. The molecule has 0 atom stereocenters. The molecule has 0 saturated carbocycles. The van der Waals surface area contributed by atoms with E-state index in [4.69, 9.17) is 22.4 Å². The molecule has 0 spiro atoms. The van der Waals surface area contributed by atoms with Crippen molar-refractivity contribution in [1.82, 2.24) is 4.98 Å². The third-order valence-electron chi connectivity index (χ3n) is 2.46. The number of nitrogens with one attached hydrogen (secondary N) is 1. The largest absolute Gasteiger partial charge is 0.399 e. The van der Waals surface area contributed by atoms with Crippen LogP contribution in [0.25, 0.3) is 0 Å². The standard InChI is InChI=1S/C13H14ClN3O/c14-12-5-11(15)6-13(17-12)16-7-9-2-1-3-10(4-9)8-18/h1-6,18H,7-8H2,(H3,15,16,17). The molecule has 0 amide bonds. The van der Waals surface area contributed by atoms with Crippen LogP contribution in [0.15, 0.2) is 36.4 Å². The van der Waals surface area contributed by atoms with Crippen molar-refractivity contribution in [3.05, 3.63) is 52.7 Å². The normalized spacial score (nSPS) is 10.3. The summed E-state index contributed by atoms with van der Waals surface area (Å²) in [5, 5.41) is 12.6. The molecule has 0 aliphatic heterocycles. The van der Waals surface area contributed by atoms with Crippen LogP contribution >= 0.6 is 11.6 Å². The van der Waals surface area contributed by atoms with Gasteiger partial charge in [-0.2, -0.15) is 0 Å². The van der Waals surface area contributed by atoms with Crippen molar-refractivity contribution in [2.24, 2.45) is 0 Å². The molecule has 0 radical (unpaired) electrons. The summed E-state index contributed by atoms with van der Waals surface area (Å²) in [4.78, 5) is 4.12. The molecule has 0 bridgehead atoms. The topological polar surface area (TPSA) is 71.2 Å². The molecule has 0 saturated heterocycles. The molecule has 2 aromatic rings. The van der Waals surface area contributed by atoms with Gasteiger partial charge in [0.2, 0.25) is 0 Å². The van der Waals surface area contributed by atoms with E-state index in [9.17, 15) is 0 Å². The Morgan fingerprint density at radius 3 is 2.72 bits per heavy atom. The summed E-state index contributed by atoms with van der Waals surface area (Å²) in [6.07, 6.45) is 0. The number of nitrogen functional groups attached to an aromatic ring is 1. The maximum atomic E-state index is 9.05. The predicted molar refractivity (Wildman–Crippen MR) is 73.4 cm³/mol. The molecule has 5 heteroatoms. The fourth-order valence-electron chi connectivity index (χ4n) is 1.64. The number of anilines is 2. The van der Waals surface area contributed by atoms with Crippen LogP contribution in [0.1, 0.15) is 11.1 Å². The Morgan fingerprint density at radius 2 is 2.00 bits per heavy atom. The molecule has 1 aromatic carbocycles. The van der Waals surface area contributed by atoms with Gasteiger partial charge in [0, 0.05) is 18.3 Å². The number of benzene rings is 1. The first-order valence-corrected chi connectivity index (χ1v) is 5.91. The number of nitrogens with two attached hydrogens (primary N) is 1. The number of hydrogen-bond donors (Lipinski definition) is 3. The van der Waals surface area contributed by atoms with E-state index in [1.54, 1.807) is 12.1 Å². The Morgan fingerprint density at radius 1 is 1.22 bits per heavy atom. The first kappa shape index (κ1) is 12.7. The molecular formula is C13H14ClN3O. The molecule has 94 valence electrons.